The van der Waals surface area contributed by atoms with Crippen molar-refractivity contribution in [3.63, 3.8) is 0 Å². The molecule has 0 fully saturated rings. The molecular weight excluding hydrogens is 428 g/mol. The van der Waals surface area contributed by atoms with Gasteiger partial charge >= 0.3 is 5.82 Å². The van der Waals surface area contributed by atoms with Crippen molar-refractivity contribution in [3.05, 3.63) is 57.0 Å². The molecule has 1 N–H and O–H groups in total. The van der Waals surface area contributed by atoms with E-state index in [9.17, 15) is 14.9 Å². The maximum atomic E-state index is 12.8. The van der Waals surface area contributed by atoms with E-state index in [4.69, 9.17) is 9.47 Å². The normalized spacial score (nSPS) is 11.8. The zero-order chi connectivity index (χ0) is 24.3. The van der Waals surface area contributed by atoms with Gasteiger partial charge in [-0.15, -0.1) is 0 Å². The molecule has 0 saturated carbocycles. The summed E-state index contributed by atoms with van der Waals surface area (Å²) in [6, 6.07) is 7.05. The molecule has 33 heavy (non-hydrogen) atoms. The van der Waals surface area contributed by atoms with Crippen LogP contribution in [0, 0.1) is 36.8 Å². The number of hydrogen-bond acceptors (Lipinski definition) is 7. The van der Waals surface area contributed by atoms with E-state index in [1.54, 1.807) is 28.1 Å². The Kier molecular flexibility index (Phi) is 7.00. The maximum Gasteiger partial charge on any atom is 0.390 e. The Morgan fingerprint density at radius 3 is 2.42 bits per heavy atom. The van der Waals surface area contributed by atoms with Gasteiger partial charge in [-0.05, 0) is 43.4 Å². The van der Waals surface area contributed by atoms with Crippen molar-refractivity contribution in [1.29, 1.82) is 0 Å². The van der Waals surface area contributed by atoms with Crippen molar-refractivity contribution in [2.45, 2.75) is 40.8 Å². The number of hydrogen-bond donors (Lipinski definition) is 1. The standard InChI is InChI=1S/C22H28N6O5/c1-13(11-26-14(2)9-20(25-26)28(30)31)22(29)23-21-15(3)24-27(16(21)4)12-17-7-8-18(32-5)19(10-17)33-6/h7-10,13H,11-12H2,1-6H3,(H,23,29). The maximum absolute atomic E-state index is 12.8. The van der Waals surface area contributed by atoms with E-state index in [0.29, 0.717) is 35.1 Å². The topological polar surface area (TPSA) is 126 Å². The van der Waals surface area contributed by atoms with Crippen LogP contribution in [0.1, 0.15) is 29.6 Å². The van der Waals surface area contributed by atoms with Gasteiger partial charge in [-0.2, -0.15) is 9.78 Å². The Balaban J connectivity index is 1.73. The number of nitro groups is 1. The summed E-state index contributed by atoms with van der Waals surface area (Å²) in [4.78, 5) is 23.2. The van der Waals surface area contributed by atoms with Crippen LogP contribution >= 0.6 is 0 Å². The second kappa shape index (κ2) is 9.72. The van der Waals surface area contributed by atoms with Crippen LogP contribution in [0.5, 0.6) is 11.5 Å². The molecule has 0 spiro atoms. The molecular formula is C22H28N6O5. The molecule has 1 unspecified atom stereocenters. The zero-order valence-electron chi connectivity index (χ0n) is 19.6. The summed E-state index contributed by atoms with van der Waals surface area (Å²) in [6.45, 7) is 7.91. The van der Waals surface area contributed by atoms with Gasteiger partial charge in [0.25, 0.3) is 0 Å². The van der Waals surface area contributed by atoms with Gasteiger partial charge in [0.2, 0.25) is 5.91 Å². The molecule has 0 saturated heterocycles. The number of ether oxygens (including phenoxy) is 2. The van der Waals surface area contributed by atoms with E-state index in [2.05, 4.69) is 15.5 Å². The fourth-order valence-electron chi connectivity index (χ4n) is 3.54. The molecule has 2 aromatic heterocycles. The van der Waals surface area contributed by atoms with E-state index in [0.717, 1.165) is 11.3 Å². The second-order valence-electron chi connectivity index (χ2n) is 7.87. The van der Waals surface area contributed by atoms with Gasteiger partial charge in [-0.25, -0.2) is 0 Å². The predicted molar refractivity (Wildman–Crippen MR) is 122 cm³/mol. The van der Waals surface area contributed by atoms with Gasteiger partial charge in [0.1, 0.15) is 0 Å². The molecule has 0 aliphatic rings. The van der Waals surface area contributed by atoms with Gasteiger partial charge in [-0.1, -0.05) is 13.0 Å². The van der Waals surface area contributed by atoms with Gasteiger partial charge in [0.15, 0.2) is 11.5 Å². The molecule has 11 heteroatoms. The summed E-state index contributed by atoms with van der Waals surface area (Å²) < 4.78 is 13.9. The van der Waals surface area contributed by atoms with E-state index in [1.807, 2.05) is 36.7 Å². The first-order valence-corrected chi connectivity index (χ1v) is 10.4. The lowest BCUT2D eigenvalue weighted by Gasteiger charge is -2.13. The van der Waals surface area contributed by atoms with Crippen molar-refractivity contribution >= 4 is 17.4 Å². The Labute approximate surface area is 191 Å². The second-order valence-corrected chi connectivity index (χ2v) is 7.87. The number of benzene rings is 1. The van der Waals surface area contributed by atoms with Crippen molar-refractivity contribution in [2.75, 3.05) is 19.5 Å². The average Bonchev–Trinajstić information content (AvgIpc) is 3.27. The number of aromatic nitrogens is 4. The summed E-state index contributed by atoms with van der Waals surface area (Å²) in [5.41, 5.74) is 3.75. The lowest BCUT2D eigenvalue weighted by molar-refractivity contribution is -0.389. The van der Waals surface area contributed by atoms with Crippen LogP contribution in [-0.2, 0) is 17.9 Å². The Hall–Kier alpha value is -3.89. The largest absolute Gasteiger partial charge is 0.493 e. The number of aryl methyl sites for hydroxylation is 2. The third kappa shape index (κ3) is 5.13. The summed E-state index contributed by atoms with van der Waals surface area (Å²) in [5.74, 6) is 0.367. The van der Waals surface area contributed by atoms with Gasteiger partial charge in [-0.3, -0.25) is 9.48 Å². The number of carbonyl (C=O) groups is 1. The van der Waals surface area contributed by atoms with Gasteiger partial charge < -0.3 is 24.9 Å². The minimum atomic E-state index is -0.548. The highest BCUT2D eigenvalue weighted by Gasteiger charge is 2.23. The predicted octanol–water partition coefficient (Wildman–Crippen LogP) is 3.25. The highest BCUT2D eigenvalue weighted by atomic mass is 16.6. The average molecular weight is 457 g/mol. The third-order valence-corrected chi connectivity index (χ3v) is 5.46. The highest BCUT2D eigenvalue weighted by Crippen LogP contribution is 2.29. The first-order valence-electron chi connectivity index (χ1n) is 10.4. The molecule has 0 radical (unpaired) electrons. The van der Waals surface area contributed by atoms with Crippen LogP contribution < -0.4 is 14.8 Å². The zero-order valence-corrected chi connectivity index (χ0v) is 19.6. The Morgan fingerprint density at radius 1 is 1.12 bits per heavy atom. The van der Waals surface area contributed by atoms with Crippen LogP contribution in [0.25, 0.3) is 0 Å². The number of nitrogens with one attached hydrogen (secondary N) is 1. The number of nitrogens with zero attached hydrogens (tertiary/aromatic N) is 5. The quantitative estimate of drug-likeness (QED) is 0.387. The van der Waals surface area contributed by atoms with E-state index in [-0.39, 0.29) is 18.3 Å². The summed E-state index contributed by atoms with van der Waals surface area (Å²) in [7, 11) is 3.17. The minimum Gasteiger partial charge on any atom is -0.493 e. The summed E-state index contributed by atoms with van der Waals surface area (Å²) in [5, 5.41) is 22.4. The van der Waals surface area contributed by atoms with Gasteiger partial charge in [0.05, 0.1) is 67.2 Å². The fraction of sp³-hybridized carbons (Fsp3) is 0.409. The number of carbonyl (C=O) groups excluding carboxylic acids is 1. The van der Waals surface area contributed by atoms with Crippen LogP contribution in [-0.4, -0.2) is 44.6 Å². The summed E-state index contributed by atoms with van der Waals surface area (Å²) in [6.07, 6.45) is 0. The number of methoxy groups -OCH3 is 2. The van der Waals surface area contributed by atoms with Crippen LogP contribution in [0.3, 0.4) is 0 Å². The Bertz CT molecular complexity index is 1180. The van der Waals surface area contributed by atoms with Crippen LogP contribution in [0.15, 0.2) is 24.3 Å². The number of amides is 1. The third-order valence-electron chi connectivity index (χ3n) is 5.46. The molecule has 2 heterocycles. The van der Waals surface area contributed by atoms with Crippen molar-refractivity contribution < 1.29 is 19.2 Å². The lowest BCUT2D eigenvalue weighted by atomic mass is 10.1. The first-order chi connectivity index (χ1) is 15.6. The van der Waals surface area contributed by atoms with Crippen molar-refractivity contribution in [1.82, 2.24) is 19.6 Å². The van der Waals surface area contributed by atoms with Crippen LogP contribution in [0.2, 0.25) is 0 Å². The number of anilines is 1. The molecule has 3 aromatic rings. The van der Waals surface area contributed by atoms with E-state index in [1.165, 1.54) is 10.7 Å². The van der Waals surface area contributed by atoms with Crippen molar-refractivity contribution in [3.8, 4) is 11.5 Å². The molecule has 1 atom stereocenters. The molecule has 0 bridgehead atoms. The molecule has 3 rings (SSSR count). The highest BCUT2D eigenvalue weighted by molar-refractivity contribution is 5.93. The minimum absolute atomic E-state index is 0.218. The molecule has 176 valence electrons. The SMILES string of the molecule is COc1ccc(Cn2nc(C)c(NC(=O)C(C)Cn3nc([N+](=O)[O-])cc3C)c2C)cc1OC. The molecule has 0 aliphatic heterocycles. The number of rotatable bonds is 9. The van der Waals surface area contributed by atoms with E-state index >= 15 is 0 Å². The monoisotopic (exact) mass is 456 g/mol. The van der Waals surface area contributed by atoms with Gasteiger partial charge in [0, 0.05) is 0 Å². The molecule has 1 amide bonds. The summed E-state index contributed by atoms with van der Waals surface area (Å²) >= 11 is 0. The fourth-order valence-corrected chi connectivity index (χ4v) is 3.54. The smallest absolute Gasteiger partial charge is 0.390 e. The van der Waals surface area contributed by atoms with Crippen molar-refractivity contribution in [2.24, 2.45) is 5.92 Å². The molecule has 1 aromatic carbocycles. The van der Waals surface area contributed by atoms with Crippen LogP contribution in [0.4, 0.5) is 11.5 Å². The van der Waals surface area contributed by atoms with E-state index < -0.39 is 10.8 Å². The first kappa shape index (κ1) is 23.8. The molecule has 0 aliphatic carbocycles. The Morgan fingerprint density at radius 2 is 1.82 bits per heavy atom. The molecule has 11 nitrogen and oxygen atoms in total. The lowest BCUT2D eigenvalue weighted by Crippen LogP contribution is -2.25.